The van der Waals surface area contributed by atoms with E-state index in [-0.39, 0.29) is 12.5 Å². The van der Waals surface area contributed by atoms with Crippen LogP contribution in [0.5, 0.6) is 0 Å². The van der Waals surface area contributed by atoms with Crippen LogP contribution >= 0.6 is 0 Å². The molecule has 2 heteroatoms. The quantitative estimate of drug-likeness (QED) is 0.838. The van der Waals surface area contributed by atoms with E-state index in [1.165, 1.54) is 43.2 Å². The van der Waals surface area contributed by atoms with Crippen LogP contribution in [0.3, 0.4) is 0 Å². The highest BCUT2D eigenvalue weighted by Crippen LogP contribution is 2.33. The first kappa shape index (κ1) is 13.6. The molecular weight excluding hydrogens is 222 g/mol. The van der Waals surface area contributed by atoms with Crippen LogP contribution in [0, 0.1) is 0 Å². The predicted molar refractivity (Wildman–Crippen MR) is 76.0 cm³/mol. The molecule has 1 fully saturated rings. The Morgan fingerprint density at radius 2 is 1.83 bits per heavy atom. The second kappa shape index (κ2) is 6.91. The Morgan fingerprint density at radius 1 is 1.17 bits per heavy atom. The van der Waals surface area contributed by atoms with Crippen molar-refractivity contribution in [3.8, 4) is 0 Å². The number of hydrogen-bond acceptors (Lipinski definition) is 2. The van der Waals surface area contributed by atoms with Gasteiger partial charge in [-0.25, -0.2) is 0 Å². The first-order chi connectivity index (χ1) is 8.85. The average Bonchev–Trinajstić information content (AvgIpc) is 2.46. The van der Waals surface area contributed by atoms with E-state index in [4.69, 9.17) is 0 Å². The first-order valence-corrected chi connectivity index (χ1v) is 7.20. The van der Waals surface area contributed by atoms with E-state index in [0.29, 0.717) is 0 Å². The molecule has 2 N–H and O–H groups in total. The number of hydrogen-bond donors (Lipinski definition) is 2. The standard InChI is InChI=1S/C16H25NO/c1-17-11-16(12-18)15-9-7-14(8-10-15)13-5-3-2-4-6-13/h7-10,13,16-18H,2-6,11-12H2,1H3. The largest absolute Gasteiger partial charge is 0.396 e. The van der Waals surface area contributed by atoms with Gasteiger partial charge in [0.15, 0.2) is 0 Å². The summed E-state index contributed by atoms with van der Waals surface area (Å²) in [5.41, 5.74) is 2.73. The van der Waals surface area contributed by atoms with Crippen LogP contribution in [0.15, 0.2) is 24.3 Å². The summed E-state index contributed by atoms with van der Waals surface area (Å²) in [6, 6.07) is 8.93. The fourth-order valence-electron chi connectivity index (χ4n) is 3.01. The molecule has 0 heterocycles. The molecule has 0 spiro atoms. The zero-order valence-electron chi connectivity index (χ0n) is 11.4. The van der Waals surface area contributed by atoms with Crippen LogP contribution in [0.1, 0.15) is 55.1 Å². The van der Waals surface area contributed by atoms with Crippen molar-refractivity contribution in [3.63, 3.8) is 0 Å². The maximum absolute atomic E-state index is 9.39. The molecule has 1 aliphatic rings. The molecule has 1 aromatic rings. The van der Waals surface area contributed by atoms with Gasteiger partial charge in [0.1, 0.15) is 0 Å². The maximum Gasteiger partial charge on any atom is 0.0511 e. The lowest BCUT2D eigenvalue weighted by molar-refractivity contribution is 0.263. The lowest BCUT2D eigenvalue weighted by atomic mass is 9.83. The Labute approximate surface area is 110 Å². The summed E-state index contributed by atoms with van der Waals surface area (Å²) in [6.45, 7) is 1.04. The van der Waals surface area contributed by atoms with Crippen molar-refractivity contribution in [1.29, 1.82) is 0 Å². The SMILES string of the molecule is CNCC(CO)c1ccc(C2CCCCC2)cc1. The van der Waals surface area contributed by atoms with Gasteiger partial charge in [-0.2, -0.15) is 0 Å². The molecule has 1 unspecified atom stereocenters. The lowest BCUT2D eigenvalue weighted by Gasteiger charge is -2.22. The number of likely N-dealkylation sites (N-methyl/N-ethyl adjacent to an activating group) is 1. The molecule has 2 rings (SSSR count). The first-order valence-electron chi connectivity index (χ1n) is 7.20. The summed E-state index contributed by atoms with van der Waals surface area (Å²) in [4.78, 5) is 0. The Kier molecular flexibility index (Phi) is 5.21. The molecule has 0 bridgehead atoms. The smallest absolute Gasteiger partial charge is 0.0511 e. The fourth-order valence-corrected chi connectivity index (χ4v) is 3.01. The van der Waals surface area contributed by atoms with Gasteiger partial charge in [0.05, 0.1) is 6.61 Å². The van der Waals surface area contributed by atoms with Gasteiger partial charge in [0, 0.05) is 12.5 Å². The van der Waals surface area contributed by atoms with E-state index in [9.17, 15) is 5.11 Å². The third kappa shape index (κ3) is 3.33. The van der Waals surface area contributed by atoms with E-state index in [1.807, 2.05) is 7.05 Å². The number of aliphatic hydroxyl groups is 1. The van der Waals surface area contributed by atoms with Gasteiger partial charge in [0.2, 0.25) is 0 Å². The minimum atomic E-state index is 0.212. The van der Waals surface area contributed by atoms with Crippen molar-refractivity contribution in [2.24, 2.45) is 0 Å². The van der Waals surface area contributed by atoms with Gasteiger partial charge < -0.3 is 10.4 Å². The lowest BCUT2D eigenvalue weighted by Crippen LogP contribution is -2.20. The number of nitrogens with one attached hydrogen (secondary N) is 1. The van der Waals surface area contributed by atoms with Gasteiger partial charge in [-0.1, -0.05) is 43.5 Å². The van der Waals surface area contributed by atoms with E-state index < -0.39 is 0 Å². The molecule has 0 radical (unpaired) electrons. The molecule has 0 aromatic heterocycles. The second-order valence-electron chi connectivity index (χ2n) is 5.44. The highest BCUT2D eigenvalue weighted by molar-refractivity contribution is 5.28. The Balaban J connectivity index is 2.03. The molecule has 2 nitrogen and oxygen atoms in total. The molecule has 100 valence electrons. The summed E-state index contributed by atoms with van der Waals surface area (Å²) in [5.74, 6) is 0.986. The molecule has 18 heavy (non-hydrogen) atoms. The van der Waals surface area contributed by atoms with Crippen LogP contribution in [-0.2, 0) is 0 Å². The number of rotatable bonds is 5. The zero-order valence-corrected chi connectivity index (χ0v) is 11.4. The minimum absolute atomic E-state index is 0.212. The van der Waals surface area contributed by atoms with Gasteiger partial charge in [-0.05, 0) is 36.9 Å². The van der Waals surface area contributed by atoms with Gasteiger partial charge in [-0.3, -0.25) is 0 Å². The molecule has 1 saturated carbocycles. The third-order valence-electron chi connectivity index (χ3n) is 4.16. The Morgan fingerprint density at radius 3 is 2.39 bits per heavy atom. The monoisotopic (exact) mass is 247 g/mol. The van der Waals surface area contributed by atoms with Crippen molar-refractivity contribution < 1.29 is 5.11 Å². The summed E-state index contributed by atoms with van der Waals surface area (Å²) in [6.07, 6.45) is 6.86. The Bertz CT molecular complexity index is 317. The van der Waals surface area contributed by atoms with Gasteiger partial charge in [0.25, 0.3) is 0 Å². The van der Waals surface area contributed by atoms with Crippen LogP contribution in [0.25, 0.3) is 0 Å². The van der Waals surface area contributed by atoms with Crippen molar-refractivity contribution >= 4 is 0 Å². The van der Waals surface area contributed by atoms with Crippen molar-refractivity contribution in [3.05, 3.63) is 35.4 Å². The minimum Gasteiger partial charge on any atom is -0.396 e. The second-order valence-corrected chi connectivity index (χ2v) is 5.44. The molecule has 0 aliphatic heterocycles. The molecule has 1 aliphatic carbocycles. The summed E-state index contributed by atoms with van der Waals surface area (Å²) >= 11 is 0. The number of aliphatic hydroxyl groups excluding tert-OH is 1. The average molecular weight is 247 g/mol. The predicted octanol–water partition coefficient (Wildman–Crippen LogP) is 3.03. The van der Waals surface area contributed by atoms with Crippen molar-refractivity contribution in [1.82, 2.24) is 5.32 Å². The molecule has 1 aromatic carbocycles. The van der Waals surface area contributed by atoms with E-state index in [1.54, 1.807) is 0 Å². The zero-order chi connectivity index (χ0) is 12.8. The highest BCUT2D eigenvalue weighted by atomic mass is 16.3. The molecule has 0 amide bonds. The van der Waals surface area contributed by atoms with Gasteiger partial charge in [-0.15, -0.1) is 0 Å². The van der Waals surface area contributed by atoms with Crippen LogP contribution < -0.4 is 5.32 Å². The molecule has 1 atom stereocenters. The van der Waals surface area contributed by atoms with E-state index in [0.717, 1.165) is 12.5 Å². The summed E-state index contributed by atoms with van der Waals surface area (Å²) in [5, 5.41) is 12.5. The maximum atomic E-state index is 9.39. The van der Waals surface area contributed by atoms with Crippen LogP contribution in [0.4, 0.5) is 0 Å². The summed E-state index contributed by atoms with van der Waals surface area (Å²) < 4.78 is 0. The van der Waals surface area contributed by atoms with E-state index >= 15 is 0 Å². The number of benzene rings is 1. The third-order valence-corrected chi connectivity index (χ3v) is 4.16. The van der Waals surface area contributed by atoms with Crippen molar-refractivity contribution in [2.75, 3.05) is 20.2 Å². The van der Waals surface area contributed by atoms with Crippen molar-refractivity contribution in [2.45, 2.75) is 43.9 Å². The topological polar surface area (TPSA) is 32.3 Å². The highest BCUT2D eigenvalue weighted by Gasteiger charge is 2.16. The van der Waals surface area contributed by atoms with E-state index in [2.05, 4.69) is 29.6 Å². The normalized spacial score (nSPS) is 18.8. The van der Waals surface area contributed by atoms with Gasteiger partial charge >= 0.3 is 0 Å². The Hall–Kier alpha value is -0.860. The molecule has 0 saturated heterocycles. The van der Waals surface area contributed by atoms with Crippen LogP contribution in [-0.4, -0.2) is 25.3 Å². The molecular formula is C16H25NO. The fraction of sp³-hybridized carbons (Fsp3) is 0.625. The summed E-state index contributed by atoms with van der Waals surface area (Å²) in [7, 11) is 1.93. The van der Waals surface area contributed by atoms with Crippen LogP contribution in [0.2, 0.25) is 0 Å².